The number of thiocarbonyl (C=S) groups is 1. The summed E-state index contributed by atoms with van der Waals surface area (Å²) in [5.41, 5.74) is 2.10. The molecule has 1 aromatic heterocycles. The monoisotopic (exact) mass is 336 g/mol. The first kappa shape index (κ1) is 16.8. The van der Waals surface area contributed by atoms with Crippen LogP contribution < -0.4 is 10.6 Å². The normalized spacial score (nSPS) is 10.5. The molecule has 1 heterocycles. The molecule has 2 rings (SSSR count). The van der Waals surface area contributed by atoms with E-state index in [4.69, 9.17) is 23.8 Å². The van der Waals surface area contributed by atoms with Gasteiger partial charge in [-0.15, -0.1) is 0 Å². The van der Waals surface area contributed by atoms with E-state index >= 15 is 0 Å². The van der Waals surface area contributed by atoms with Crippen LogP contribution in [0.3, 0.4) is 0 Å². The number of nitrogens with one attached hydrogen (secondary N) is 2. The zero-order valence-corrected chi connectivity index (χ0v) is 14.5. The molecule has 0 aliphatic carbocycles. The molecule has 0 saturated heterocycles. The molecule has 0 radical (unpaired) electrons. The van der Waals surface area contributed by atoms with Gasteiger partial charge in [0.05, 0.1) is 6.54 Å². The van der Waals surface area contributed by atoms with Gasteiger partial charge in [-0.05, 0) is 37.2 Å². The minimum Gasteiger partial charge on any atom is -0.362 e. The number of halogens is 1. The average molecular weight is 337 g/mol. The highest BCUT2D eigenvalue weighted by Gasteiger charge is 2.08. The Morgan fingerprint density at radius 2 is 2.14 bits per heavy atom. The molecule has 0 spiro atoms. The van der Waals surface area contributed by atoms with E-state index < -0.39 is 0 Å². The van der Waals surface area contributed by atoms with Crippen molar-refractivity contribution in [2.24, 2.45) is 0 Å². The Morgan fingerprint density at radius 1 is 1.36 bits per heavy atom. The highest BCUT2D eigenvalue weighted by atomic mass is 35.5. The topological polar surface area (TPSA) is 41.9 Å². The molecule has 0 amide bonds. The lowest BCUT2D eigenvalue weighted by Crippen LogP contribution is -2.29. The lowest BCUT2D eigenvalue weighted by Gasteiger charge is -2.08. The van der Waals surface area contributed by atoms with Gasteiger partial charge in [0.15, 0.2) is 10.9 Å². The minimum atomic E-state index is 0.607. The fourth-order valence-corrected chi connectivity index (χ4v) is 2.46. The quantitative estimate of drug-likeness (QED) is 0.618. The summed E-state index contributed by atoms with van der Waals surface area (Å²) >= 11 is 11.5. The highest BCUT2D eigenvalue weighted by Crippen LogP contribution is 2.18. The molecule has 2 N–H and O–H groups in total. The number of aryl methyl sites for hydroxylation is 1. The van der Waals surface area contributed by atoms with Gasteiger partial charge in [0.2, 0.25) is 0 Å². The molecule has 0 aliphatic rings. The van der Waals surface area contributed by atoms with Gasteiger partial charge in [0.25, 0.3) is 0 Å². The second-order valence-corrected chi connectivity index (χ2v) is 5.97. The van der Waals surface area contributed by atoms with E-state index in [1.54, 1.807) is 0 Å². The molecular weight excluding hydrogens is 316 g/mol. The van der Waals surface area contributed by atoms with Crippen molar-refractivity contribution in [3.8, 4) is 0 Å². The summed E-state index contributed by atoms with van der Waals surface area (Å²) in [7, 11) is 0. The first-order valence-corrected chi connectivity index (χ1v) is 8.21. The van der Waals surface area contributed by atoms with Crippen molar-refractivity contribution in [1.29, 1.82) is 0 Å². The molecule has 0 unspecified atom stereocenters. The standard InChI is InChI=1S/C16H21ClN4S/c1-3-4-9-18-16(22)19-15-10-12(2)21(20-15)11-13-7-5-6-8-14(13)17/h5-8,10H,3-4,9,11H2,1-2H3,(H2,18,19,20,22). The number of anilines is 1. The Balaban J connectivity index is 1.99. The summed E-state index contributed by atoms with van der Waals surface area (Å²) < 4.78 is 1.91. The summed E-state index contributed by atoms with van der Waals surface area (Å²) in [5, 5.41) is 12.2. The van der Waals surface area contributed by atoms with Gasteiger partial charge in [-0.3, -0.25) is 4.68 Å². The van der Waals surface area contributed by atoms with Crippen LogP contribution in [0.2, 0.25) is 5.02 Å². The summed E-state index contributed by atoms with van der Waals surface area (Å²) in [4.78, 5) is 0. The van der Waals surface area contributed by atoms with Crippen LogP contribution in [-0.2, 0) is 6.54 Å². The molecule has 0 aliphatic heterocycles. The van der Waals surface area contributed by atoms with Crippen LogP contribution in [0.4, 0.5) is 5.82 Å². The first-order chi connectivity index (χ1) is 10.6. The maximum absolute atomic E-state index is 6.20. The lowest BCUT2D eigenvalue weighted by atomic mass is 10.2. The number of benzene rings is 1. The second kappa shape index (κ2) is 8.15. The van der Waals surface area contributed by atoms with Crippen molar-refractivity contribution in [2.45, 2.75) is 33.2 Å². The predicted octanol–water partition coefficient (Wildman–Crippen LogP) is 3.98. The SMILES string of the molecule is CCCCNC(=S)Nc1cc(C)n(Cc2ccccc2Cl)n1. The van der Waals surface area contributed by atoms with Gasteiger partial charge in [-0.25, -0.2) is 0 Å². The van der Waals surface area contributed by atoms with Crippen LogP contribution >= 0.6 is 23.8 Å². The minimum absolute atomic E-state index is 0.607. The van der Waals surface area contributed by atoms with E-state index in [1.807, 2.05) is 41.9 Å². The Kier molecular flexibility index (Phi) is 6.21. The molecule has 4 nitrogen and oxygen atoms in total. The summed E-state index contributed by atoms with van der Waals surface area (Å²) in [6, 6.07) is 9.78. The smallest absolute Gasteiger partial charge is 0.171 e. The maximum Gasteiger partial charge on any atom is 0.171 e. The van der Waals surface area contributed by atoms with Crippen molar-refractivity contribution in [1.82, 2.24) is 15.1 Å². The van der Waals surface area contributed by atoms with Gasteiger partial charge in [0.1, 0.15) is 0 Å². The van der Waals surface area contributed by atoms with Crippen LogP contribution in [0.1, 0.15) is 31.0 Å². The van der Waals surface area contributed by atoms with Crippen LogP contribution in [0.5, 0.6) is 0 Å². The van der Waals surface area contributed by atoms with Crippen molar-refractivity contribution < 1.29 is 0 Å². The third-order valence-corrected chi connectivity index (χ3v) is 3.93. The molecule has 0 atom stereocenters. The summed E-state index contributed by atoms with van der Waals surface area (Å²) in [6.45, 7) is 5.69. The van der Waals surface area contributed by atoms with E-state index in [0.717, 1.165) is 41.5 Å². The number of nitrogens with zero attached hydrogens (tertiary/aromatic N) is 2. The molecule has 0 bridgehead atoms. The summed E-state index contributed by atoms with van der Waals surface area (Å²) in [5.74, 6) is 0.749. The molecule has 0 fully saturated rings. The van der Waals surface area contributed by atoms with Gasteiger partial charge in [-0.1, -0.05) is 43.1 Å². The van der Waals surface area contributed by atoms with E-state index in [9.17, 15) is 0 Å². The number of rotatable bonds is 6. The Labute approximate surface area is 141 Å². The second-order valence-electron chi connectivity index (χ2n) is 5.15. The molecule has 0 saturated carbocycles. The Hall–Kier alpha value is -1.59. The number of aromatic nitrogens is 2. The van der Waals surface area contributed by atoms with Crippen molar-refractivity contribution in [2.75, 3.05) is 11.9 Å². The van der Waals surface area contributed by atoms with Crippen LogP contribution in [0.25, 0.3) is 0 Å². The largest absolute Gasteiger partial charge is 0.362 e. The van der Waals surface area contributed by atoms with E-state index in [-0.39, 0.29) is 0 Å². The van der Waals surface area contributed by atoms with Gasteiger partial charge < -0.3 is 10.6 Å². The van der Waals surface area contributed by atoms with Crippen molar-refractivity contribution in [3.63, 3.8) is 0 Å². The number of hydrogen-bond acceptors (Lipinski definition) is 2. The van der Waals surface area contributed by atoms with E-state index in [2.05, 4.69) is 22.7 Å². The third kappa shape index (κ3) is 4.71. The molecule has 6 heteroatoms. The molecule has 1 aromatic carbocycles. The third-order valence-electron chi connectivity index (χ3n) is 3.32. The van der Waals surface area contributed by atoms with Crippen molar-refractivity contribution >= 4 is 34.7 Å². The van der Waals surface area contributed by atoms with Gasteiger partial charge >= 0.3 is 0 Å². The average Bonchev–Trinajstić information content (AvgIpc) is 2.81. The number of hydrogen-bond donors (Lipinski definition) is 2. The fourth-order valence-electron chi connectivity index (χ4n) is 2.06. The molecule has 22 heavy (non-hydrogen) atoms. The predicted molar refractivity (Wildman–Crippen MR) is 96.6 cm³/mol. The van der Waals surface area contributed by atoms with Gasteiger partial charge in [-0.2, -0.15) is 5.10 Å². The zero-order valence-electron chi connectivity index (χ0n) is 12.9. The van der Waals surface area contributed by atoms with Gasteiger partial charge in [0, 0.05) is 23.3 Å². The van der Waals surface area contributed by atoms with Crippen LogP contribution in [0, 0.1) is 6.92 Å². The van der Waals surface area contributed by atoms with Crippen molar-refractivity contribution in [3.05, 3.63) is 46.6 Å². The zero-order chi connectivity index (χ0) is 15.9. The molecule has 2 aromatic rings. The number of unbranched alkanes of at least 4 members (excludes halogenated alkanes) is 1. The Morgan fingerprint density at radius 3 is 2.86 bits per heavy atom. The summed E-state index contributed by atoms with van der Waals surface area (Å²) in [6.07, 6.45) is 2.24. The maximum atomic E-state index is 6.20. The molecular formula is C16H21ClN4S. The van der Waals surface area contributed by atoms with Crippen LogP contribution in [0.15, 0.2) is 30.3 Å². The first-order valence-electron chi connectivity index (χ1n) is 7.43. The fraction of sp³-hybridized carbons (Fsp3) is 0.375. The van der Waals surface area contributed by atoms with Crippen LogP contribution in [-0.4, -0.2) is 21.4 Å². The molecule has 118 valence electrons. The lowest BCUT2D eigenvalue weighted by molar-refractivity contribution is 0.668. The van der Waals surface area contributed by atoms with E-state index in [1.165, 1.54) is 0 Å². The van der Waals surface area contributed by atoms with E-state index in [0.29, 0.717) is 11.7 Å². The Bertz CT molecular complexity index is 639. The highest BCUT2D eigenvalue weighted by molar-refractivity contribution is 7.80.